The van der Waals surface area contributed by atoms with Crippen LogP contribution in [-0.2, 0) is 26.1 Å². The number of fused-ring (bicyclic) bond motifs is 1. The van der Waals surface area contributed by atoms with Crippen LogP contribution in [0.1, 0.15) is 45.7 Å². The fourth-order valence-corrected chi connectivity index (χ4v) is 2.72. The van der Waals surface area contributed by atoms with Crippen LogP contribution in [0.15, 0.2) is 53.7 Å². The summed E-state index contributed by atoms with van der Waals surface area (Å²) in [6, 6.07) is 13.8. The summed E-state index contributed by atoms with van der Waals surface area (Å²) < 4.78 is 0. The van der Waals surface area contributed by atoms with Crippen molar-refractivity contribution in [2.75, 3.05) is 20.8 Å². The summed E-state index contributed by atoms with van der Waals surface area (Å²) in [7, 11) is 2.81. The molecular formula is C21H24N2O6. The molecule has 2 aromatic carbocycles. The summed E-state index contributed by atoms with van der Waals surface area (Å²) in [5.41, 5.74) is 2.51. The van der Waals surface area contributed by atoms with Gasteiger partial charge in [-0.1, -0.05) is 55.4 Å². The van der Waals surface area contributed by atoms with Gasteiger partial charge in [-0.15, -0.1) is 5.06 Å². The molecule has 2 amide bonds. The maximum absolute atomic E-state index is 12.4. The van der Waals surface area contributed by atoms with Gasteiger partial charge in [-0.25, -0.2) is 9.78 Å². The van der Waals surface area contributed by atoms with Crippen molar-refractivity contribution >= 4 is 17.5 Å². The summed E-state index contributed by atoms with van der Waals surface area (Å²) in [6.45, 7) is 4.03. The average molecular weight is 400 g/mol. The van der Waals surface area contributed by atoms with Crippen LogP contribution in [-0.4, -0.2) is 43.4 Å². The molecule has 1 aliphatic rings. The Bertz CT molecular complexity index is 846. The number of hydrogen-bond donors (Lipinski definition) is 0. The zero-order chi connectivity index (χ0) is 21.2. The third-order valence-corrected chi connectivity index (χ3v) is 3.95. The zero-order valence-corrected chi connectivity index (χ0v) is 16.9. The molecule has 0 spiro atoms. The van der Waals surface area contributed by atoms with Crippen LogP contribution in [0.3, 0.4) is 0 Å². The van der Waals surface area contributed by atoms with Crippen molar-refractivity contribution in [2.45, 2.75) is 20.5 Å². The van der Waals surface area contributed by atoms with Crippen LogP contribution >= 0.6 is 0 Å². The number of carbonyl (C=O) groups is 2. The number of hydrogen-bond acceptors (Lipinski definition) is 7. The lowest BCUT2D eigenvalue weighted by molar-refractivity contribution is -0.259. The van der Waals surface area contributed by atoms with E-state index in [0.717, 1.165) is 5.06 Å². The number of rotatable bonds is 8. The number of benzene rings is 2. The highest BCUT2D eigenvalue weighted by Gasteiger charge is 2.36. The zero-order valence-electron chi connectivity index (χ0n) is 16.9. The van der Waals surface area contributed by atoms with E-state index >= 15 is 0 Å². The molecule has 2 aromatic rings. The second-order valence-corrected chi connectivity index (χ2v) is 5.53. The van der Waals surface area contributed by atoms with Crippen molar-refractivity contribution in [1.82, 2.24) is 5.06 Å². The summed E-state index contributed by atoms with van der Waals surface area (Å²) in [5.74, 6) is -0.969. The van der Waals surface area contributed by atoms with E-state index in [0.29, 0.717) is 28.0 Å². The van der Waals surface area contributed by atoms with Gasteiger partial charge in [0.2, 0.25) is 0 Å². The van der Waals surface area contributed by atoms with Gasteiger partial charge >= 0.3 is 0 Å². The molecule has 1 aliphatic heterocycles. The highest BCUT2D eigenvalue weighted by Crippen LogP contribution is 2.24. The molecular weight excluding hydrogens is 376 g/mol. The van der Waals surface area contributed by atoms with E-state index in [1.54, 1.807) is 36.4 Å². The Morgan fingerprint density at radius 3 is 2.10 bits per heavy atom. The van der Waals surface area contributed by atoms with Gasteiger partial charge in [0.05, 0.1) is 18.2 Å². The van der Waals surface area contributed by atoms with Gasteiger partial charge in [0, 0.05) is 5.56 Å². The maximum Gasteiger partial charge on any atom is 0.285 e. The summed E-state index contributed by atoms with van der Waals surface area (Å²) in [6.07, 6.45) is 0. The summed E-state index contributed by atoms with van der Waals surface area (Å²) in [5, 5.41) is 4.72. The Labute approximate surface area is 169 Å². The van der Waals surface area contributed by atoms with E-state index in [1.807, 2.05) is 26.0 Å². The average Bonchev–Trinajstić information content (AvgIpc) is 3.01. The van der Waals surface area contributed by atoms with Crippen molar-refractivity contribution in [3.05, 3.63) is 70.8 Å². The normalized spacial score (nSPS) is 13.1. The number of amides is 2. The third kappa shape index (κ3) is 5.05. The van der Waals surface area contributed by atoms with E-state index in [1.165, 1.54) is 14.2 Å². The molecule has 8 heteroatoms. The van der Waals surface area contributed by atoms with E-state index in [2.05, 4.69) is 10.0 Å². The highest BCUT2D eigenvalue weighted by atomic mass is 17.2. The van der Waals surface area contributed by atoms with Crippen molar-refractivity contribution in [1.29, 1.82) is 0 Å². The van der Waals surface area contributed by atoms with Crippen LogP contribution in [0.25, 0.3) is 0 Å². The Kier molecular flexibility index (Phi) is 8.47. The first kappa shape index (κ1) is 22.2. The van der Waals surface area contributed by atoms with Gasteiger partial charge in [-0.05, 0) is 17.7 Å². The largest absolute Gasteiger partial charge is 0.399 e. The van der Waals surface area contributed by atoms with E-state index in [9.17, 15) is 9.59 Å². The molecule has 0 unspecified atom stereocenters. The Morgan fingerprint density at radius 2 is 1.52 bits per heavy atom. The molecule has 0 radical (unpaired) electrons. The number of imide groups is 1. The van der Waals surface area contributed by atoms with Crippen molar-refractivity contribution in [2.24, 2.45) is 5.16 Å². The fraction of sp³-hybridized carbons (Fsp3) is 0.286. The van der Waals surface area contributed by atoms with Crippen molar-refractivity contribution in [3.63, 3.8) is 0 Å². The minimum absolute atomic E-state index is 0.0165. The SMILES string of the molecule is CC.CO/N=C(\COOC)c1ccccc1CON1C(=O)c2ccccc2C1=O. The summed E-state index contributed by atoms with van der Waals surface area (Å²) >= 11 is 0. The Balaban J connectivity index is 0.00000145. The molecule has 1 heterocycles. The molecule has 8 nitrogen and oxygen atoms in total. The predicted molar refractivity (Wildman–Crippen MR) is 106 cm³/mol. The molecule has 0 aromatic heterocycles. The molecule has 0 atom stereocenters. The second-order valence-electron chi connectivity index (χ2n) is 5.53. The van der Waals surface area contributed by atoms with Crippen molar-refractivity contribution in [3.8, 4) is 0 Å². The van der Waals surface area contributed by atoms with Crippen LogP contribution in [0, 0.1) is 0 Å². The number of oxime groups is 1. The van der Waals surface area contributed by atoms with Crippen LogP contribution < -0.4 is 0 Å². The van der Waals surface area contributed by atoms with E-state index in [4.69, 9.17) is 14.6 Å². The van der Waals surface area contributed by atoms with E-state index in [-0.39, 0.29) is 13.2 Å². The molecule has 3 rings (SSSR count). The van der Waals surface area contributed by atoms with Gasteiger partial charge in [0.25, 0.3) is 11.8 Å². The fourth-order valence-electron chi connectivity index (χ4n) is 2.72. The van der Waals surface area contributed by atoms with Crippen LogP contribution in [0.5, 0.6) is 0 Å². The standard InChI is InChI=1S/C19H18N2O6.C2H6/c1-24-20-17(12-27-25-2)14-8-4-3-7-13(14)11-26-21-18(22)15-9-5-6-10-16(15)19(21)23;1-2/h3-10H,11-12H2,1-2H3;1-2H3/b20-17+;. The lowest BCUT2D eigenvalue weighted by atomic mass is 10.0. The third-order valence-electron chi connectivity index (χ3n) is 3.95. The minimum atomic E-state index is -0.485. The highest BCUT2D eigenvalue weighted by molar-refractivity contribution is 6.20. The second kappa shape index (κ2) is 11.1. The first-order chi connectivity index (χ1) is 14.2. The number of hydroxylamine groups is 2. The van der Waals surface area contributed by atoms with E-state index < -0.39 is 11.8 Å². The number of nitrogens with zero attached hydrogens (tertiary/aromatic N) is 2. The first-order valence-electron chi connectivity index (χ1n) is 9.12. The molecule has 0 saturated carbocycles. The summed E-state index contributed by atoms with van der Waals surface area (Å²) in [4.78, 5) is 44.7. The van der Waals surface area contributed by atoms with Crippen molar-refractivity contribution < 1.29 is 29.0 Å². The monoisotopic (exact) mass is 400 g/mol. The lowest BCUT2D eigenvalue weighted by Crippen LogP contribution is -2.30. The van der Waals surface area contributed by atoms with Gasteiger partial charge in [0.15, 0.2) is 0 Å². The van der Waals surface area contributed by atoms with Gasteiger partial charge in [0.1, 0.15) is 26.0 Å². The smallest absolute Gasteiger partial charge is 0.285 e. The molecule has 0 fully saturated rings. The predicted octanol–water partition coefficient (Wildman–Crippen LogP) is 3.37. The van der Waals surface area contributed by atoms with Crippen LogP contribution in [0.2, 0.25) is 0 Å². The Hall–Kier alpha value is -3.07. The van der Waals surface area contributed by atoms with Crippen LogP contribution in [0.4, 0.5) is 0 Å². The molecule has 0 bridgehead atoms. The molecule has 154 valence electrons. The van der Waals surface area contributed by atoms with Gasteiger partial charge < -0.3 is 4.84 Å². The Morgan fingerprint density at radius 1 is 0.931 bits per heavy atom. The maximum atomic E-state index is 12.4. The number of carbonyl (C=O) groups excluding carboxylic acids is 2. The lowest BCUT2D eigenvalue weighted by Gasteiger charge is -2.16. The molecule has 0 saturated heterocycles. The molecule has 29 heavy (non-hydrogen) atoms. The van der Waals surface area contributed by atoms with Gasteiger partial charge in [-0.3, -0.25) is 14.4 Å². The minimum Gasteiger partial charge on any atom is -0.399 e. The quantitative estimate of drug-likeness (QED) is 0.292. The van der Waals surface area contributed by atoms with Gasteiger partial charge in [-0.2, -0.15) is 0 Å². The first-order valence-corrected chi connectivity index (χ1v) is 9.12. The molecule has 0 aliphatic carbocycles. The molecule has 0 N–H and O–H groups in total. The topological polar surface area (TPSA) is 86.7 Å².